The van der Waals surface area contributed by atoms with E-state index in [2.05, 4.69) is 9.73 Å². The number of hydrogen-bond acceptors (Lipinski definition) is 3. The highest BCUT2D eigenvalue weighted by Gasteiger charge is 1.99. The number of carbonyl (C=O) groups excluding carboxylic acids is 1. The molecule has 0 aliphatic rings. The van der Waals surface area contributed by atoms with Crippen LogP contribution in [0.25, 0.3) is 0 Å². The highest BCUT2D eigenvalue weighted by molar-refractivity contribution is 5.57. The Hall–Kier alpha value is -1.67. The predicted molar refractivity (Wildman–Crippen MR) is 40.8 cm³/mol. The van der Waals surface area contributed by atoms with Gasteiger partial charge in [-0.25, -0.2) is 9.18 Å². The largest absolute Gasteiger partial charge is 0.461 e. The van der Waals surface area contributed by atoms with Crippen molar-refractivity contribution in [3.63, 3.8) is 0 Å². The van der Waals surface area contributed by atoms with Crippen molar-refractivity contribution in [2.24, 2.45) is 4.99 Å². The van der Waals surface area contributed by atoms with Gasteiger partial charge in [-0.2, -0.15) is 4.99 Å². The van der Waals surface area contributed by atoms with E-state index in [4.69, 9.17) is 0 Å². The fourth-order valence-electron chi connectivity index (χ4n) is 0.780. The summed E-state index contributed by atoms with van der Waals surface area (Å²) in [6.07, 6.45) is 1.36. The molecule has 0 saturated carbocycles. The van der Waals surface area contributed by atoms with Gasteiger partial charge in [0.15, 0.2) is 0 Å². The van der Waals surface area contributed by atoms with Crippen molar-refractivity contribution < 1.29 is 13.9 Å². The number of halogens is 1. The van der Waals surface area contributed by atoms with Crippen LogP contribution in [0.5, 0.6) is 5.75 Å². The second kappa shape index (κ2) is 4.26. The summed E-state index contributed by atoms with van der Waals surface area (Å²) in [6, 6.07) is 6.39. The lowest BCUT2D eigenvalue weighted by Crippen LogP contribution is -1.89. The van der Waals surface area contributed by atoms with Crippen molar-refractivity contribution in [1.29, 1.82) is 0 Å². The van der Waals surface area contributed by atoms with E-state index in [0.29, 0.717) is 0 Å². The Balaban J connectivity index is 2.99. The Morgan fingerprint density at radius 1 is 1.50 bits per heavy atom. The van der Waals surface area contributed by atoms with Gasteiger partial charge in [0, 0.05) is 0 Å². The molecule has 0 fully saturated rings. The molecule has 1 aromatic rings. The minimum absolute atomic E-state index is 0.239. The maximum atomic E-state index is 11.7. The molecule has 0 bridgehead atoms. The molecule has 0 atom stereocenters. The van der Waals surface area contributed by atoms with Gasteiger partial charge in [-0.3, -0.25) is 0 Å². The first-order valence-electron chi connectivity index (χ1n) is 3.24. The third-order valence-electron chi connectivity index (χ3n) is 1.24. The van der Waals surface area contributed by atoms with E-state index >= 15 is 0 Å². The molecular weight excluding hydrogens is 161 g/mol. The number of hydrogen-bond donors (Lipinski definition) is 0. The summed E-state index contributed by atoms with van der Waals surface area (Å²) in [5.74, 6) is 0.239. The molecule has 62 valence electrons. The maximum Gasteiger partial charge on any atom is 0.240 e. The standard InChI is InChI=1S/C8H6FNO2/c9-5-12-8-4-2-1-3-7(8)10-6-11/h1-4H,5H2. The number of benzene rings is 1. The summed E-state index contributed by atoms with van der Waals surface area (Å²) in [4.78, 5) is 13.2. The molecule has 0 aromatic heterocycles. The zero-order valence-electron chi connectivity index (χ0n) is 6.16. The smallest absolute Gasteiger partial charge is 0.240 e. The second-order valence-electron chi connectivity index (χ2n) is 1.92. The third-order valence-corrected chi connectivity index (χ3v) is 1.24. The van der Waals surface area contributed by atoms with Crippen LogP contribution < -0.4 is 4.74 Å². The fourth-order valence-corrected chi connectivity index (χ4v) is 0.780. The molecule has 0 saturated heterocycles. The van der Waals surface area contributed by atoms with E-state index in [-0.39, 0.29) is 11.4 Å². The summed E-state index contributed by atoms with van der Waals surface area (Å²) < 4.78 is 16.3. The Morgan fingerprint density at radius 3 is 2.92 bits per heavy atom. The number of para-hydroxylation sites is 2. The Morgan fingerprint density at radius 2 is 2.25 bits per heavy atom. The van der Waals surface area contributed by atoms with Crippen LogP contribution in [0.3, 0.4) is 0 Å². The summed E-state index contributed by atoms with van der Waals surface area (Å²) in [5, 5.41) is 0. The molecule has 0 radical (unpaired) electrons. The van der Waals surface area contributed by atoms with Crippen molar-refractivity contribution in [3.05, 3.63) is 24.3 Å². The zero-order chi connectivity index (χ0) is 8.81. The molecule has 0 aliphatic heterocycles. The van der Waals surface area contributed by atoms with E-state index in [9.17, 15) is 9.18 Å². The van der Waals surface area contributed by atoms with Gasteiger partial charge in [0.2, 0.25) is 12.9 Å². The number of alkyl halides is 1. The third kappa shape index (κ3) is 1.90. The molecule has 1 rings (SSSR count). The molecule has 1 aromatic carbocycles. The normalized spacial score (nSPS) is 8.75. The highest BCUT2D eigenvalue weighted by Crippen LogP contribution is 2.25. The molecule has 0 aliphatic carbocycles. The van der Waals surface area contributed by atoms with Gasteiger partial charge >= 0.3 is 0 Å². The number of aliphatic imine (C=N–C) groups is 1. The van der Waals surface area contributed by atoms with Crippen LogP contribution in [-0.4, -0.2) is 12.9 Å². The van der Waals surface area contributed by atoms with E-state index in [1.54, 1.807) is 12.1 Å². The molecule has 0 amide bonds. The number of rotatable bonds is 3. The minimum atomic E-state index is -0.939. The topological polar surface area (TPSA) is 38.7 Å². The van der Waals surface area contributed by atoms with Crippen LogP contribution in [0.1, 0.15) is 0 Å². The van der Waals surface area contributed by atoms with Gasteiger partial charge in [-0.05, 0) is 12.1 Å². The summed E-state index contributed by atoms with van der Waals surface area (Å²) >= 11 is 0. The Bertz CT molecular complexity index is 308. The first-order valence-corrected chi connectivity index (χ1v) is 3.24. The van der Waals surface area contributed by atoms with Gasteiger partial charge in [0.05, 0.1) is 0 Å². The fraction of sp³-hybridized carbons (Fsp3) is 0.125. The van der Waals surface area contributed by atoms with E-state index in [0.717, 1.165) is 0 Å². The zero-order valence-corrected chi connectivity index (χ0v) is 6.16. The van der Waals surface area contributed by atoms with Crippen molar-refractivity contribution in [3.8, 4) is 5.75 Å². The number of isocyanates is 1. The number of ether oxygens (including phenoxy) is 1. The van der Waals surface area contributed by atoms with Crippen LogP contribution in [-0.2, 0) is 4.79 Å². The lowest BCUT2D eigenvalue weighted by molar-refractivity contribution is 0.192. The first-order chi connectivity index (χ1) is 5.88. The molecule has 4 heteroatoms. The average Bonchev–Trinajstić information content (AvgIpc) is 2.09. The summed E-state index contributed by atoms with van der Waals surface area (Å²) in [6.45, 7) is -0.939. The molecule has 12 heavy (non-hydrogen) atoms. The van der Waals surface area contributed by atoms with E-state index in [1.165, 1.54) is 18.2 Å². The second-order valence-corrected chi connectivity index (χ2v) is 1.92. The van der Waals surface area contributed by atoms with Gasteiger partial charge in [-0.15, -0.1) is 0 Å². The van der Waals surface area contributed by atoms with Gasteiger partial charge in [-0.1, -0.05) is 12.1 Å². The SMILES string of the molecule is O=C=Nc1ccccc1OCF. The lowest BCUT2D eigenvalue weighted by Gasteiger charge is -2.01. The predicted octanol–water partition coefficient (Wildman–Crippen LogP) is 1.96. The average molecular weight is 167 g/mol. The summed E-state index contributed by atoms with van der Waals surface area (Å²) in [5.41, 5.74) is 0.283. The first kappa shape index (κ1) is 8.43. The lowest BCUT2D eigenvalue weighted by atomic mass is 10.3. The Kier molecular flexibility index (Phi) is 2.99. The van der Waals surface area contributed by atoms with E-state index in [1.807, 2.05) is 0 Å². The quantitative estimate of drug-likeness (QED) is 0.509. The van der Waals surface area contributed by atoms with Crippen LogP contribution in [0.4, 0.5) is 10.1 Å². The minimum Gasteiger partial charge on any atom is -0.461 e. The van der Waals surface area contributed by atoms with Crippen LogP contribution in [0.15, 0.2) is 29.3 Å². The van der Waals surface area contributed by atoms with Crippen LogP contribution >= 0.6 is 0 Å². The van der Waals surface area contributed by atoms with Gasteiger partial charge in [0.25, 0.3) is 0 Å². The molecule has 0 unspecified atom stereocenters. The number of nitrogens with zero attached hydrogens (tertiary/aromatic N) is 1. The van der Waals surface area contributed by atoms with Crippen molar-refractivity contribution in [1.82, 2.24) is 0 Å². The molecule has 0 heterocycles. The van der Waals surface area contributed by atoms with Crippen molar-refractivity contribution in [2.75, 3.05) is 6.86 Å². The van der Waals surface area contributed by atoms with Gasteiger partial charge < -0.3 is 4.74 Å². The van der Waals surface area contributed by atoms with Crippen molar-refractivity contribution >= 4 is 11.8 Å². The summed E-state index contributed by atoms with van der Waals surface area (Å²) in [7, 11) is 0. The molecule has 0 N–H and O–H groups in total. The van der Waals surface area contributed by atoms with Crippen molar-refractivity contribution in [2.45, 2.75) is 0 Å². The van der Waals surface area contributed by atoms with Crippen LogP contribution in [0.2, 0.25) is 0 Å². The van der Waals surface area contributed by atoms with E-state index < -0.39 is 6.86 Å². The maximum absolute atomic E-state index is 11.7. The monoisotopic (exact) mass is 167 g/mol. The van der Waals surface area contributed by atoms with Gasteiger partial charge in [0.1, 0.15) is 11.4 Å². The molecular formula is C8H6FNO2. The van der Waals surface area contributed by atoms with Crippen LogP contribution in [0, 0.1) is 0 Å². The highest BCUT2D eigenvalue weighted by atomic mass is 19.1. The molecule has 3 nitrogen and oxygen atoms in total. The molecule has 0 spiro atoms. The Labute approximate surface area is 68.5 Å².